The summed E-state index contributed by atoms with van der Waals surface area (Å²) in [6.45, 7) is 0. The molecule has 2 aromatic carbocycles. The number of nitrogens with zero attached hydrogens (tertiary/aromatic N) is 2. The number of anilines is 1. The molecule has 0 fully saturated rings. The van der Waals surface area contributed by atoms with Crippen molar-refractivity contribution in [2.24, 2.45) is 5.10 Å². The van der Waals surface area contributed by atoms with Gasteiger partial charge in [0.2, 0.25) is 5.13 Å². The van der Waals surface area contributed by atoms with Crippen molar-refractivity contribution < 1.29 is 14.6 Å². The molecule has 0 bridgehead atoms. The molecular weight excluding hydrogens is 350 g/mol. The van der Waals surface area contributed by atoms with Crippen LogP contribution in [0.15, 0.2) is 59.7 Å². The predicted octanol–water partition coefficient (Wildman–Crippen LogP) is 3.89. The third-order valence-electron chi connectivity index (χ3n) is 3.55. The van der Waals surface area contributed by atoms with Crippen LogP contribution in [0.4, 0.5) is 5.13 Å². The molecule has 0 saturated carbocycles. The number of carboxylic acids is 1. The Bertz CT molecular complexity index is 906. The first-order valence-corrected chi connectivity index (χ1v) is 8.67. The summed E-state index contributed by atoms with van der Waals surface area (Å²) < 4.78 is 5.12. The van der Waals surface area contributed by atoms with E-state index in [0.717, 1.165) is 16.9 Å². The lowest BCUT2D eigenvalue weighted by atomic mass is 10.1. The maximum Gasteiger partial charge on any atom is 0.308 e. The second-order valence-corrected chi connectivity index (χ2v) is 6.45. The van der Waals surface area contributed by atoms with Gasteiger partial charge in [0.25, 0.3) is 0 Å². The molecule has 7 heteroatoms. The Morgan fingerprint density at radius 3 is 2.62 bits per heavy atom. The Morgan fingerprint density at radius 1 is 1.23 bits per heavy atom. The summed E-state index contributed by atoms with van der Waals surface area (Å²) in [5, 5.41) is 13.9. The van der Waals surface area contributed by atoms with E-state index >= 15 is 0 Å². The largest absolute Gasteiger partial charge is 0.497 e. The predicted molar refractivity (Wildman–Crippen MR) is 103 cm³/mol. The van der Waals surface area contributed by atoms with Crippen molar-refractivity contribution in [2.45, 2.75) is 6.42 Å². The van der Waals surface area contributed by atoms with Gasteiger partial charge in [0.15, 0.2) is 0 Å². The van der Waals surface area contributed by atoms with E-state index in [1.54, 1.807) is 13.3 Å². The number of ether oxygens (including phenoxy) is 1. The molecule has 0 aliphatic rings. The van der Waals surface area contributed by atoms with Gasteiger partial charge >= 0.3 is 5.97 Å². The first-order chi connectivity index (χ1) is 12.7. The van der Waals surface area contributed by atoms with Crippen molar-refractivity contribution >= 4 is 28.7 Å². The number of carboxylic acid groups (broad SMARTS) is 1. The number of hydrogen-bond donors (Lipinski definition) is 2. The zero-order valence-electron chi connectivity index (χ0n) is 14.0. The number of hydrogen-bond acceptors (Lipinski definition) is 6. The van der Waals surface area contributed by atoms with Crippen molar-refractivity contribution in [1.29, 1.82) is 0 Å². The molecule has 26 heavy (non-hydrogen) atoms. The SMILES string of the molecule is COc1ccc(C=NNc2nc(-c3ccccc3)c(CC(=O)O)s2)cc1. The maximum absolute atomic E-state index is 11.1. The Kier molecular flexibility index (Phi) is 5.60. The topological polar surface area (TPSA) is 83.8 Å². The zero-order chi connectivity index (χ0) is 18.4. The fourth-order valence-electron chi connectivity index (χ4n) is 2.33. The number of hydrazone groups is 1. The first kappa shape index (κ1) is 17.6. The molecule has 0 aliphatic carbocycles. The molecule has 0 amide bonds. The van der Waals surface area contributed by atoms with Crippen LogP contribution in [0, 0.1) is 0 Å². The van der Waals surface area contributed by atoms with E-state index in [4.69, 9.17) is 9.84 Å². The fraction of sp³-hybridized carbons (Fsp3) is 0.105. The molecule has 3 aromatic rings. The number of aromatic nitrogens is 1. The van der Waals surface area contributed by atoms with Crippen LogP contribution in [0.5, 0.6) is 5.75 Å². The summed E-state index contributed by atoms with van der Waals surface area (Å²) in [6.07, 6.45) is 1.59. The van der Waals surface area contributed by atoms with Crippen LogP contribution in [-0.2, 0) is 11.2 Å². The van der Waals surface area contributed by atoms with E-state index < -0.39 is 5.97 Å². The Hall–Kier alpha value is -3.19. The van der Waals surface area contributed by atoms with E-state index in [-0.39, 0.29) is 6.42 Å². The van der Waals surface area contributed by atoms with Crippen LogP contribution in [0.2, 0.25) is 0 Å². The highest BCUT2D eigenvalue weighted by Crippen LogP contribution is 2.31. The molecule has 3 rings (SSSR count). The summed E-state index contributed by atoms with van der Waals surface area (Å²) in [6, 6.07) is 17.0. The zero-order valence-corrected chi connectivity index (χ0v) is 14.9. The van der Waals surface area contributed by atoms with Crippen LogP contribution in [0.25, 0.3) is 11.3 Å². The Labute approximate surface area is 154 Å². The minimum absolute atomic E-state index is 0.0776. The molecule has 1 heterocycles. The van der Waals surface area contributed by atoms with E-state index in [1.165, 1.54) is 11.3 Å². The van der Waals surface area contributed by atoms with Gasteiger partial charge in [-0.25, -0.2) is 4.98 Å². The molecule has 1 aromatic heterocycles. The molecule has 0 radical (unpaired) electrons. The summed E-state index contributed by atoms with van der Waals surface area (Å²) in [5.74, 6) is -0.111. The second kappa shape index (κ2) is 8.26. The minimum atomic E-state index is -0.890. The number of rotatable bonds is 7. The van der Waals surface area contributed by atoms with Crippen molar-refractivity contribution in [2.75, 3.05) is 12.5 Å². The Balaban J connectivity index is 1.78. The third kappa shape index (κ3) is 4.46. The number of carbonyl (C=O) groups is 1. The van der Waals surface area contributed by atoms with Crippen LogP contribution in [0.3, 0.4) is 0 Å². The number of methoxy groups -OCH3 is 1. The smallest absolute Gasteiger partial charge is 0.308 e. The average Bonchev–Trinajstić information content (AvgIpc) is 3.05. The van der Waals surface area contributed by atoms with Crippen molar-refractivity contribution in [3.8, 4) is 17.0 Å². The van der Waals surface area contributed by atoms with Gasteiger partial charge in [-0.1, -0.05) is 41.7 Å². The lowest BCUT2D eigenvalue weighted by Crippen LogP contribution is -1.99. The van der Waals surface area contributed by atoms with Gasteiger partial charge in [0.05, 0.1) is 25.4 Å². The van der Waals surface area contributed by atoms with Gasteiger partial charge in [-0.3, -0.25) is 10.2 Å². The highest BCUT2D eigenvalue weighted by Gasteiger charge is 2.15. The molecule has 2 N–H and O–H groups in total. The Morgan fingerprint density at radius 2 is 1.96 bits per heavy atom. The van der Waals surface area contributed by atoms with E-state index in [9.17, 15) is 4.79 Å². The van der Waals surface area contributed by atoms with Crippen molar-refractivity contribution in [3.63, 3.8) is 0 Å². The third-order valence-corrected chi connectivity index (χ3v) is 4.51. The van der Waals surface area contributed by atoms with Gasteiger partial charge in [-0.15, -0.1) is 0 Å². The quantitative estimate of drug-likeness (QED) is 0.489. The minimum Gasteiger partial charge on any atom is -0.497 e. The first-order valence-electron chi connectivity index (χ1n) is 7.86. The summed E-state index contributed by atoms with van der Waals surface area (Å²) in [7, 11) is 1.62. The normalized spacial score (nSPS) is 10.8. The lowest BCUT2D eigenvalue weighted by molar-refractivity contribution is -0.136. The van der Waals surface area contributed by atoms with E-state index in [2.05, 4.69) is 15.5 Å². The molecule has 0 unspecified atom stereocenters. The summed E-state index contributed by atoms with van der Waals surface area (Å²) in [4.78, 5) is 16.3. The second-order valence-electron chi connectivity index (χ2n) is 5.37. The maximum atomic E-state index is 11.1. The highest BCUT2D eigenvalue weighted by atomic mass is 32.1. The number of nitrogens with one attached hydrogen (secondary N) is 1. The average molecular weight is 367 g/mol. The van der Waals surface area contributed by atoms with Crippen molar-refractivity contribution in [3.05, 3.63) is 65.0 Å². The molecule has 132 valence electrons. The lowest BCUT2D eigenvalue weighted by Gasteiger charge is -1.99. The monoisotopic (exact) mass is 367 g/mol. The molecular formula is C19H17N3O3S. The van der Waals surface area contributed by atoms with Crippen LogP contribution >= 0.6 is 11.3 Å². The molecule has 0 spiro atoms. The van der Waals surface area contributed by atoms with E-state index in [0.29, 0.717) is 15.7 Å². The van der Waals surface area contributed by atoms with Crippen LogP contribution < -0.4 is 10.2 Å². The van der Waals surface area contributed by atoms with Gasteiger partial charge < -0.3 is 9.84 Å². The highest BCUT2D eigenvalue weighted by molar-refractivity contribution is 7.16. The summed E-state index contributed by atoms with van der Waals surface area (Å²) in [5.41, 5.74) is 5.33. The molecule has 6 nitrogen and oxygen atoms in total. The van der Waals surface area contributed by atoms with Crippen molar-refractivity contribution in [1.82, 2.24) is 4.98 Å². The van der Waals surface area contributed by atoms with Crippen LogP contribution in [0.1, 0.15) is 10.4 Å². The molecule has 0 atom stereocenters. The van der Waals surface area contributed by atoms with Gasteiger partial charge in [0, 0.05) is 10.4 Å². The van der Waals surface area contributed by atoms with Gasteiger partial charge in [0.1, 0.15) is 5.75 Å². The van der Waals surface area contributed by atoms with Gasteiger partial charge in [-0.05, 0) is 29.8 Å². The molecule has 0 saturated heterocycles. The van der Waals surface area contributed by atoms with E-state index in [1.807, 2.05) is 54.6 Å². The molecule has 0 aliphatic heterocycles. The number of benzene rings is 2. The fourth-order valence-corrected chi connectivity index (χ4v) is 3.25. The standard InChI is InChI=1S/C19H17N3O3S/c1-25-15-9-7-13(8-10-15)12-20-22-19-21-18(14-5-3-2-4-6-14)16(26-19)11-17(23)24/h2-10,12H,11H2,1H3,(H,21,22)(H,23,24). The summed E-state index contributed by atoms with van der Waals surface area (Å²) >= 11 is 1.29. The van der Waals surface area contributed by atoms with Gasteiger partial charge in [-0.2, -0.15) is 5.10 Å². The number of thiazole rings is 1. The van der Waals surface area contributed by atoms with Crippen LogP contribution in [-0.4, -0.2) is 29.4 Å². The number of aliphatic carboxylic acids is 1.